The molecular formula is C19H20N2OS. The SMILES string of the molecule is CCc1sc(Nc2ccccc2C)nc1-c1ccc(OC)cc1. The summed E-state index contributed by atoms with van der Waals surface area (Å²) in [5.41, 5.74) is 4.49. The molecular weight excluding hydrogens is 304 g/mol. The molecule has 0 fully saturated rings. The highest BCUT2D eigenvalue weighted by Crippen LogP contribution is 2.34. The molecule has 1 N–H and O–H groups in total. The van der Waals surface area contributed by atoms with Crippen LogP contribution in [0, 0.1) is 6.92 Å². The lowest BCUT2D eigenvalue weighted by atomic mass is 10.1. The maximum atomic E-state index is 5.23. The predicted molar refractivity (Wildman–Crippen MR) is 97.9 cm³/mol. The van der Waals surface area contributed by atoms with E-state index in [0.717, 1.165) is 34.2 Å². The van der Waals surface area contributed by atoms with Crippen LogP contribution in [0.25, 0.3) is 11.3 Å². The number of hydrogen-bond donors (Lipinski definition) is 1. The van der Waals surface area contributed by atoms with E-state index in [0.29, 0.717) is 0 Å². The van der Waals surface area contributed by atoms with Crippen molar-refractivity contribution in [1.82, 2.24) is 4.98 Å². The Morgan fingerprint density at radius 2 is 1.83 bits per heavy atom. The number of hydrogen-bond acceptors (Lipinski definition) is 4. The second kappa shape index (κ2) is 6.84. The third-order valence-corrected chi connectivity index (χ3v) is 4.88. The molecule has 4 heteroatoms. The van der Waals surface area contributed by atoms with Crippen molar-refractivity contribution >= 4 is 22.2 Å². The largest absolute Gasteiger partial charge is 0.497 e. The summed E-state index contributed by atoms with van der Waals surface area (Å²) in [7, 11) is 1.68. The zero-order valence-corrected chi connectivity index (χ0v) is 14.4. The molecule has 3 nitrogen and oxygen atoms in total. The van der Waals surface area contributed by atoms with Crippen molar-refractivity contribution in [2.75, 3.05) is 12.4 Å². The van der Waals surface area contributed by atoms with E-state index < -0.39 is 0 Å². The number of methoxy groups -OCH3 is 1. The monoisotopic (exact) mass is 324 g/mol. The molecule has 0 aliphatic carbocycles. The summed E-state index contributed by atoms with van der Waals surface area (Å²) in [6.07, 6.45) is 0.967. The second-order valence-electron chi connectivity index (χ2n) is 5.31. The molecule has 1 heterocycles. The van der Waals surface area contributed by atoms with Crippen LogP contribution in [0.5, 0.6) is 5.75 Å². The first-order valence-electron chi connectivity index (χ1n) is 7.68. The zero-order valence-electron chi connectivity index (χ0n) is 13.6. The smallest absolute Gasteiger partial charge is 0.187 e. The second-order valence-corrected chi connectivity index (χ2v) is 6.40. The number of aromatic nitrogens is 1. The van der Waals surface area contributed by atoms with Crippen LogP contribution >= 0.6 is 11.3 Å². The van der Waals surface area contributed by atoms with Crippen LogP contribution in [0.1, 0.15) is 17.4 Å². The summed E-state index contributed by atoms with van der Waals surface area (Å²) in [6, 6.07) is 16.3. The molecule has 0 aliphatic heterocycles. The van der Waals surface area contributed by atoms with Crippen LogP contribution in [-0.2, 0) is 6.42 Å². The van der Waals surface area contributed by atoms with Gasteiger partial charge < -0.3 is 10.1 Å². The van der Waals surface area contributed by atoms with Gasteiger partial charge in [0, 0.05) is 16.1 Å². The highest BCUT2D eigenvalue weighted by Gasteiger charge is 2.12. The molecule has 0 bridgehead atoms. The van der Waals surface area contributed by atoms with E-state index in [1.165, 1.54) is 10.4 Å². The molecule has 2 aromatic carbocycles. The van der Waals surface area contributed by atoms with Gasteiger partial charge in [0.2, 0.25) is 0 Å². The molecule has 23 heavy (non-hydrogen) atoms. The predicted octanol–water partition coefficient (Wildman–Crippen LogP) is 5.43. The fourth-order valence-corrected chi connectivity index (χ4v) is 3.38. The Bertz CT molecular complexity index is 793. The lowest BCUT2D eigenvalue weighted by Gasteiger charge is -2.05. The molecule has 3 rings (SSSR count). The van der Waals surface area contributed by atoms with Crippen LogP contribution in [0.15, 0.2) is 48.5 Å². The maximum Gasteiger partial charge on any atom is 0.187 e. The van der Waals surface area contributed by atoms with Crippen LogP contribution in [0.4, 0.5) is 10.8 Å². The lowest BCUT2D eigenvalue weighted by Crippen LogP contribution is -1.92. The third kappa shape index (κ3) is 3.37. The average Bonchev–Trinajstić information content (AvgIpc) is 3.00. The lowest BCUT2D eigenvalue weighted by molar-refractivity contribution is 0.415. The Morgan fingerprint density at radius 3 is 2.48 bits per heavy atom. The van der Waals surface area contributed by atoms with Gasteiger partial charge in [-0.05, 0) is 49.2 Å². The van der Waals surface area contributed by atoms with Crippen molar-refractivity contribution in [1.29, 1.82) is 0 Å². The topological polar surface area (TPSA) is 34.2 Å². The van der Waals surface area contributed by atoms with Crippen molar-refractivity contribution in [2.45, 2.75) is 20.3 Å². The van der Waals surface area contributed by atoms with Crippen molar-refractivity contribution < 1.29 is 4.74 Å². The zero-order chi connectivity index (χ0) is 16.2. The molecule has 0 unspecified atom stereocenters. The van der Waals surface area contributed by atoms with E-state index in [4.69, 9.17) is 9.72 Å². The first kappa shape index (κ1) is 15.6. The van der Waals surface area contributed by atoms with Crippen molar-refractivity contribution in [3.63, 3.8) is 0 Å². The number of nitrogens with one attached hydrogen (secondary N) is 1. The Hall–Kier alpha value is -2.33. The van der Waals surface area contributed by atoms with Crippen molar-refractivity contribution in [3.05, 3.63) is 59.0 Å². The fourth-order valence-electron chi connectivity index (χ4n) is 2.45. The Balaban J connectivity index is 1.92. The normalized spacial score (nSPS) is 10.6. The van der Waals surface area contributed by atoms with E-state index in [1.807, 2.05) is 24.3 Å². The number of nitrogens with zero attached hydrogens (tertiary/aromatic N) is 1. The average molecular weight is 324 g/mol. The number of thiazole rings is 1. The molecule has 0 spiro atoms. The Morgan fingerprint density at radius 1 is 1.09 bits per heavy atom. The number of anilines is 2. The summed E-state index contributed by atoms with van der Waals surface area (Å²) in [5.74, 6) is 0.861. The van der Waals surface area contributed by atoms with E-state index in [-0.39, 0.29) is 0 Å². The number of aryl methyl sites for hydroxylation is 2. The molecule has 1 aromatic heterocycles. The quantitative estimate of drug-likeness (QED) is 0.679. The minimum Gasteiger partial charge on any atom is -0.497 e. The van der Waals surface area contributed by atoms with Gasteiger partial charge in [-0.1, -0.05) is 25.1 Å². The van der Waals surface area contributed by atoms with E-state index in [1.54, 1.807) is 18.4 Å². The highest BCUT2D eigenvalue weighted by atomic mass is 32.1. The van der Waals surface area contributed by atoms with Gasteiger partial charge in [0.25, 0.3) is 0 Å². The first-order valence-corrected chi connectivity index (χ1v) is 8.49. The fraction of sp³-hybridized carbons (Fsp3) is 0.211. The van der Waals surface area contributed by atoms with Gasteiger partial charge in [-0.3, -0.25) is 0 Å². The summed E-state index contributed by atoms with van der Waals surface area (Å²) >= 11 is 1.71. The third-order valence-electron chi connectivity index (χ3n) is 3.77. The summed E-state index contributed by atoms with van der Waals surface area (Å²) < 4.78 is 5.23. The minimum atomic E-state index is 0.861. The van der Waals surface area contributed by atoms with Crippen LogP contribution in [0.3, 0.4) is 0 Å². The standard InChI is InChI=1S/C19H20N2OS/c1-4-17-18(14-9-11-15(22-3)12-10-14)21-19(23-17)20-16-8-6-5-7-13(16)2/h5-12H,4H2,1-3H3,(H,20,21). The van der Waals surface area contributed by atoms with Crippen molar-refractivity contribution in [2.24, 2.45) is 0 Å². The van der Waals surface area contributed by atoms with Gasteiger partial charge in [-0.2, -0.15) is 0 Å². The molecule has 0 saturated carbocycles. The molecule has 0 saturated heterocycles. The van der Waals surface area contributed by atoms with Gasteiger partial charge in [-0.25, -0.2) is 4.98 Å². The number of para-hydroxylation sites is 1. The van der Waals surface area contributed by atoms with E-state index in [9.17, 15) is 0 Å². The van der Waals surface area contributed by atoms with Crippen molar-refractivity contribution in [3.8, 4) is 17.0 Å². The number of ether oxygens (including phenoxy) is 1. The first-order chi connectivity index (χ1) is 11.2. The van der Waals surface area contributed by atoms with Gasteiger partial charge in [0.15, 0.2) is 5.13 Å². The minimum absolute atomic E-state index is 0.861. The summed E-state index contributed by atoms with van der Waals surface area (Å²) in [6.45, 7) is 4.26. The number of rotatable bonds is 5. The van der Waals surface area contributed by atoms with Crippen LogP contribution in [0.2, 0.25) is 0 Å². The van der Waals surface area contributed by atoms with Gasteiger partial charge >= 0.3 is 0 Å². The molecule has 0 aliphatic rings. The number of benzene rings is 2. The van der Waals surface area contributed by atoms with Gasteiger partial charge in [0.1, 0.15) is 5.75 Å². The highest BCUT2D eigenvalue weighted by molar-refractivity contribution is 7.16. The maximum absolute atomic E-state index is 5.23. The Labute approximate surface area is 141 Å². The van der Waals surface area contributed by atoms with Crippen LogP contribution in [-0.4, -0.2) is 12.1 Å². The van der Waals surface area contributed by atoms with E-state index in [2.05, 4.69) is 43.4 Å². The molecule has 118 valence electrons. The molecule has 0 atom stereocenters. The molecule has 0 amide bonds. The Kier molecular flexibility index (Phi) is 4.63. The van der Waals surface area contributed by atoms with Gasteiger partial charge in [0.05, 0.1) is 12.8 Å². The summed E-state index contributed by atoms with van der Waals surface area (Å²) in [4.78, 5) is 6.09. The summed E-state index contributed by atoms with van der Waals surface area (Å²) in [5, 5.41) is 4.37. The molecule has 3 aromatic rings. The molecule has 0 radical (unpaired) electrons. The van der Waals surface area contributed by atoms with E-state index >= 15 is 0 Å². The van der Waals surface area contributed by atoms with Gasteiger partial charge in [-0.15, -0.1) is 11.3 Å². The van der Waals surface area contributed by atoms with Crippen LogP contribution < -0.4 is 10.1 Å².